The number of halogens is 1. The minimum absolute atomic E-state index is 0.00951. The number of methoxy groups -OCH3 is 1. The standard InChI is InChI=1S/C12H16ClNO5S/c1-8-11(20(13,16)17)7-10(19-8)12(15)14(5-6-18-2)9-3-4-9/h7,9H,3-6H2,1-2H3. The number of aryl methyl sites for hydroxylation is 1. The molecule has 6 nitrogen and oxygen atoms in total. The highest BCUT2D eigenvalue weighted by Crippen LogP contribution is 2.30. The maximum Gasteiger partial charge on any atom is 0.289 e. The van der Waals surface area contributed by atoms with E-state index in [0.717, 1.165) is 12.8 Å². The van der Waals surface area contributed by atoms with Crippen LogP contribution in [0.25, 0.3) is 0 Å². The number of amides is 1. The SMILES string of the molecule is COCCN(C(=O)c1cc(S(=O)(=O)Cl)c(C)o1)C1CC1. The smallest absolute Gasteiger partial charge is 0.289 e. The van der Waals surface area contributed by atoms with Crippen molar-refractivity contribution in [2.75, 3.05) is 20.3 Å². The van der Waals surface area contributed by atoms with E-state index in [-0.39, 0.29) is 28.4 Å². The van der Waals surface area contributed by atoms with Crippen LogP contribution in [0.5, 0.6) is 0 Å². The van der Waals surface area contributed by atoms with Crippen LogP contribution < -0.4 is 0 Å². The van der Waals surface area contributed by atoms with Gasteiger partial charge in [-0.25, -0.2) is 8.42 Å². The predicted molar refractivity (Wildman–Crippen MR) is 72.4 cm³/mol. The van der Waals surface area contributed by atoms with Crippen LogP contribution in [0.1, 0.15) is 29.2 Å². The van der Waals surface area contributed by atoms with Crippen LogP contribution in [0.4, 0.5) is 0 Å². The summed E-state index contributed by atoms with van der Waals surface area (Å²) in [5.41, 5.74) is 0. The van der Waals surface area contributed by atoms with Gasteiger partial charge in [-0.3, -0.25) is 4.79 Å². The summed E-state index contributed by atoms with van der Waals surface area (Å²) in [7, 11) is 2.94. The van der Waals surface area contributed by atoms with Crippen molar-refractivity contribution >= 4 is 25.6 Å². The Morgan fingerprint density at radius 2 is 2.20 bits per heavy atom. The van der Waals surface area contributed by atoms with Crippen molar-refractivity contribution in [3.63, 3.8) is 0 Å². The average Bonchev–Trinajstić information content (AvgIpc) is 3.10. The molecule has 1 aliphatic carbocycles. The Bertz CT molecular complexity index is 605. The van der Waals surface area contributed by atoms with E-state index in [4.69, 9.17) is 19.8 Å². The molecule has 1 fully saturated rings. The van der Waals surface area contributed by atoms with Gasteiger partial charge in [-0.15, -0.1) is 0 Å². The number of carbonyl (C=O) groups is 1. The molecule has 0 saturated heterocycles. The van der Waals surface area contributed by atoms with Gasteiger partial charge in [0, 0.05) is 36.4 Å². The Labute approximate surface area is 122 Å². The van der Waals surface area contributed by atoms with Gasteiger partial charge in [0.2, 0.25) is 0 Å². The first-order chi connectivity index (χ1) is 9.34. The topological polar surface area (TPSA) is 76.8 Å². The molecule has 1 aliphatic rings. The number of rotatable bonds is 6. The first-order valence-corrected chi connectivity index (χ1v) is 8.50. The predicted octanol–water partition coefficient (Wildman–Crippen LogP) is 1.77. The van der Waals surface area contributed by atoms with Crippen LogP contribution in [0.2, 0.25) is 0 Å². The fourth-order valence-electron chi connectivity index (χ4n) is 1.98. The van der Waals surface area contributed by atoms with Gasteiger partial charge in [-0.2, -0.15) is 0 Å². The minimum Gasteiger partial charge on any atom is -0.455 e. The van der Waals surface area contributed by atoms with E-state index in [2.05, 4.69) is 0 Å². The Balaban J connectivity index is 2.23. The van der Waals surface area contributed by atoms with Crippen LogP contribution in [0, 0.1) is 6.92 Å². The second kappa shape index (κ2) is 5.75. The molecule has 0 aromatic carbocycles. The van der Waals surface area contributed by atoms with Gasteiger partial charge in [0.25, 0.3) is 15.0 Å². The van der Waals surface area contributed by atoms with Gasteiger partial charge in [-0.05, 0) is 19.8 Å². The molecule has 0 bridgehead atoms. The van der Waals surface area contributed by atoms with Crippen LogP contribution in [-0.4, -0.2) is 45.5 Å². The van der Waals surface area contributed by atoms with Gasteiger partial charge in [0.05, 0.1) is 6.61 Å². The molecule has 8 heteroatoms. The Morgan fingerprint density at radius 1 is 1.55 bits per heavy atom. The van der Waals surface area contributed by atoms with Crippen molar-refractivity contribution in [3.8, 4) is 0 Å². The molecule has 1 heterocycles. The van der Waals surface area contributed by atoms with Crippen molar-refractivity contribution < 1.29 is 22.4 Å². The Hall–Kier alpha value is -1.05. The van der Waals surface area contributed by atoms with Gasteiger partial charge < -0.3 is 14.1 Å². The minimum atomic E-state index is -3.91. The third kappa shape index (κ3) is 3.34. The van der Waals surface area contributed by atoms with E-state index in [9.17, 15) is 13.2 Å². The number of furan rings is 1. The lowest BCUT2D eigenvalue weighted by molar-refractivity contribution is 0.0648. The molecular formula is C12H16ClNO5S. The van der Waals surface area contributed by atoms with Crippen LogP contribution >= 0.6 is 10.7 Å². The third-order valence-electron chi connectivity index (χ3n) is 3.13. The molecule has 0 N–H and O–H groups in total. The molecule has 0 unspecified atom stereocenters. The number of hydrogen-bond acceptors (Lipinski definition) is 5. The summed E-state index contributed by atoms with van der Waals surface area (Å²) in [6.45, 7) is 2.33. The molecule has 2 rings (SSSR count). The molecule has 1 saturated carbocycles. The lowest BCUT2D eigenvalue weighted by Gasteiger charge is -2.20. The Morgan fingerprint density at radius 3 is 2.65 bits per heavy atom. The molecule has 0 spiro atoms. The zero-order valence-electron chi connectivity index (χ0n) is 11.3. The highest BCUT2D eigenvalue weighted by Gasteiger charge is 2.35. The molecule has 0 atom stereocenters. The molecule has 0 aliphatic heterocycles. The lowest BCUT2D eigenvalue weighted by atomic mass is 10.3. The van der Waals surface area contributed by atoms with Gasteiger partial charge in [0.15, 0.2) is 5.76 Å². The van der Waals surface area contributed by atoms with Crippen LogP contribution in [0.3, 0.4) is 0 Å². The van der Waals surface area contributed by atoms with Crippen molar-refractivity contribution in [2.45, 2.75) is 30.7 Å². The van der Waals surface area contributed by atoms with E-state index in [0.29, 0.717) is 13.2 Å². The second-order valence-corrected chi connectivity index (χ2v) is 7.23. The second-order valence-electron chi connectivity index (χ2n) is 4.69. The normalized spacial score (nSPS) is 15.3. The van der Waals surface area contributed by atoms with Gasteiger partial charge >= 0.3 is 0 Å². The summed E-state index contributed by atoms with van der Waals surface area (Å²) < 4.78 is 32.9. The fraction of sp³-hybridized carbons (Fsp3) is 0.583. The average molecular weight is 322 g/mol. The van der Waals surface area contributed by atoms with Gasteiger partial charge in [-0.1, -0.05) is 0 Å². The number of hydrogen-bond donors (Lipinski definition) is 0. The molecule has 1 aromatic rings. The summed E-state index contributed by atoms with van der Waals surface area (Å²) in [6.07, 6.45) is 1.88. The summed E-state index contributed by atoms with van der Waals surface area (Å²) in [6, 6.07) is 1.36. The quantitative estimate of drug-likeness (QED) is 0.746. The number of carbonyl (C=O) groups excluding carboxylic acids is 1. The maximum absolute atomic E-state index is 12.4. The summed E-state index contributed by atoms with van der Waals surface area (Å²) in [5, 5.41) is 0. The van der Waals surface area contributed by atoms with Crippen LogP contribution in [-0.2, 0) is 13.8 Å². The molecular weight excluding hydrogens is 306 g/mol. The maximum atomic E-state index is 12.4. The monoisotopic (exact) mass is 321 g/mol. The molecule has 112 valence electrons. The molecule has 1 amide bonds. The van der Waals surface area contributed by atoms with Crippen molar-refractivity contribution in [3.05, 3.63) is 17.6 Å². The van der Waals surface area contributed by atoms with E-state index >= 15 is 0 Å². The highest BCUT2D eigenvalue weighted by atomic mass is 35.7. The zero-order valence-corrected chi connectivity index (χ0v) is 12.8. The number of nitrogens with zero attached hydrogens (tertiary/aromatic N) is 1. The first kappa shape index (κ1) is 15.3. The first-order valence-electron chi connectivity index (χ1n) is 6.19. The Kier molecular flexibility index (Phi) is 4.41. The van der Waals surface area contributed by atoms with Gasteiger partial charge in [0.1, 0.15) is 10.7 Å². The van der Waals surface area contributed by atoms with Crippen molar-refractivity contribution in [1.82, 2.24) is 4.90 Å². The summed E-state index contributed by atoms with van der Waals surface area (Å²) in [4.78, 5) is 13.8. The number of ether oxygens (including phenoxy) is 1. The summed E-state index contributed by atoms with van der Waals surface area (Å²) >= 11 is 0. The fourth-order valence-corrected chi connectivity index (χ4v) is 3.07. The summed E-state index contributed by atoms with van der Waals surface area (Å²) in [5.74, 6) is -0.227. The van der Waals surface area contributed by atoms with Crippen LogP contribution in [0.15, 0.2) is 15.4 Å². The van der Waals surface area contributed by atoms with Crippen molar-refractivity contribution in [1.29, 1.82) is 0 Å². The third-order valence-corrected chi connectivity index (χ3v) is 4.56. The van der Waals surface area contributed by atoms with Crippen molar-refractivity contribution in [2.24, 2.45) is 0 Å². The lowest BCUT2D eigenvalue weighted by Crippen LogP contribution is -2.35. The molecule has 1 aromatic heterocycles. The highest BCUT2D eigenvalue weighted by molar-refractivity contribution is 8.13. The molecule has 20 heavy (non-hydrogen) atoms. The largest absolute Gasteiger partial charge is 0.455 e. The van der Waals surface area contributed by atoms with E-state index < -0.39 is 9.05 Å². The van der Waals surface area contributed by atoms with E-state index in [1.165, 1.54) is 13.0 Å². The molecule has 0 radical (unpaired) electrons. The van der Waals surface area contributed by atoms with E-state index in [1.54, 1.807) is 12.0 Å². The van der Waals surface area contributed by atoms with E-state index in [1.807, 2.05) is 0 Å². The zero-order chi connectivity index (χ0) is 14.9.